The molecule has 0 bridgehead atoms. The van der Waals surface area contributed by atoms with Crippen molar-refractivity contribution in [2.75, 3.05) is 6.61 Å². The summed E-state index contributed by atoms with van der Waals surface area (Å²) >= 11 is 0. The first-order valence-electron chi connectivity index (χ1n) is 8.53. The molecule has 4 heteroatoms. The molecular weight excluding hydrogens is 295 g/mol. The highest BCUT2D eigenvalue weighted by Crippen LogP contribution is 2.36. The Morgan fingerprint density at radius 1 is 1.22 bits per heavy atom. The van der Waals surface area contributed by atoms with Gasteiger partial charge in [-0.2, -0.15) is 0 Å². The van der Waals surface area contributed by atoms with Gasteiger partial charge in [0, 0.05) is 6.42 Å². The number of halogens is 1. The third-order valence-electron chi connectivity index (χ3n) is 4.03. The van der Waals surface area contributed by atoms with Gasteiger partial charge < -0.3 is 9.84 Å². The molecule has 1 N–H and O–H groups in total. The minimum absolute atomic E-state index is 0.263. The number of rotatable bonds is 10. The number of ether oxygens (including phenoxy) is 1. The second kappa shape index (κ2) is 9.66. The molecule has 0 saturated heterocycles. The Labute approximate surface area is 138 Å². The zero-order chi connectivity index (χ0) is 17.3. The first-order chi connectivity index (χ1) is 10.9. The molecule has 130 valence electrons. The van der Waals surface area contributed by atoms with E-state index < -0.39 is 17.7 Å². The molecule has 0 spiro atoms. The highest BCUT2D eigenvalue weighted by Gasteiger charge is 2.36. The number of benzene rings is 1. The van der Waals surface area contributed by atoms with Crippen LogP contribution in [0.2, 0.25) is 0 Å². The van der Waals surface area contributed by atoms with Gasteiger partial charge in [-0.15, -0.1) is 0 Å². The van der Waals surface area contributed by atoms with Crippen LogP contribution in [-0.4, -0.2) is 23.8 Å². The first-order valence-corrected chi connectivity index (χ1v) is 8.53. The van der Waals surface area contributed by atoms with Gasteiger partial charge in [0.1, 0.15) is 5.67 Å². The Bertz CT molecular complexity index is 472. The van der Waals surface area contributed by atoms with Crippen molar-refractivity contribution in [2.45, 2.75) is 71.1 Å². The minimum atomic E-state index is -1.72. The van der Waals surface area contributed by atoms with E-state index in [1.807, 2.05) is 32.9 Å². The number of unbranched alkanes of at least 4 members (excludes halogenated alkanes) is 2. The molecule has 0 heterocycles. The quantitative estimate of drug-likeness (QED) is 0.511. The Hall–Kier alpha value is -1.42. The van der Waals surface area contributed by atoms with E-state index in [1.165, 1.54) is 0 Å². The zero-order valence-electron chi connectivity index (χ0n) is 14.5. The summed E-state index contributed by atoms with van der Waals surface area (Å²) in [5.74, 6) is -0.732. The van der Waals surface area contributed by atoms with Crippen LogP contribution < -0.4 is 0 Å². The summed E-state index contributed by atoms with van der Waals surface area (Å²) in [6, 6.07) is 7.17. The van der Waals surface area contributed by atoms with E-state index in [1.54, 1.807) is 12.1 Å². The fourth-order valence-electron chi connectivity index (χ4n) is 2.48. The molecule has 0 fully saturated rings. The average molecular weight is 324 g/mol. The SMILES string of the molecule is CCCCOC(=O)C(O)CC(F)(CCCC)c1ccc(C)cc1. The van der Waals surface area contributed by atoms with Gasteiger partial charge in [-0.25, -0.2) is 9.18 Å². The molecule has 23 heavy (non-hydrogen) atoms. The second-order valence-corrected chi connectivity index (χ2v) is 6.18. The van der Waals surface area contributed by atoms with Crippen LogP contribution in [0.15, 0.2) is 24.3 Å². The fraction of sp³-hybridized carbons (Fsp3) is 0.632. The number of hydrogen-bond acceptors (Lipinski definition) is 3. The van der Waals surface area contributed by atoms with E-state index in [-0.39, 0.29) is 19.4 Å². The average Bonchev–Trinajstić information content (AvgIpc) is 2.53. The predicted octanol–water partition coefficient (Wildman–Crippen LogP) is 4.44. The summed E-state index contributed by atoms with van der Waals surface area (Å²) in [4.78, 5) is 11.8. The van der Waals surface area contributed by atoms with Crippen molar-refractivity contribution >= 4 is 5.97 Å². The van der Waals surface area contributed by atoms with E-state index in [4.69, 9.17) is 4.74 Å². The molecule has 1 aromatic carbocycles. The van der Waals surface area contributed by atoms with Gasteiger partial charge in [-0.1, -0.05) is 62.9 Å². The number of alkyl halides is 1. The second-order valence-electron chi connectivity index (χ2n) is 6.18. The molecule has 0 aromatic heterocycles. The van der Waals surface area contributed by atoms with Crippen molar-refractivity contribution in [1.82, 2.24) is 0 Å². The van der Waals surface area contributed by atoms with Crippen molar-refractivity contribution in [2.24, 2.45) is 0 Å². The third kappa shape index (κ3) is 6.30. The third-order valence-corrected chi connectivity index (χ3v) is 4.03. The maximum absolute atomic E-state index is 15.5. The lowest BCUT2D eigenvalue weighted by Crippen LogP contribution is -2.33. The number of esters is 1. The normalized spacial score (nSPS) is 15.0. The number of aryl methyl sites for hydroxylation is 1. The van der Waals surface area contributed by atoms with Crippen LogP contribution >= 0.6 is 0 Å². The van der Waals surface area contributed by atoms with E-state index in [0.717, 1.165) is 24.8 Å². The van der Waals surface area contributed by atoms with Gasteiger partial charge in [-0.3, -0.25) is 0 Å². The molecular formula is C19H29FO3. The lowest BCUT2D eigenvalue weighted by Gasteiger charge is -2.28. The lowest BCUT2D eigenvalue weighted by atomic mass is 9.85. The Balaban J connectivity index is 2.80. The molecule has 0 aliphatic rings. The summed E-state index contributed by atoms with van der Waals surface area (Å²) in [5.41, 5.74) is -0.157. The number of hydrogen-bond donors (Lipinski definition) is 1. The first kappa shape index (κ1) is 19.6. The van der Waals surface area contributed by atoms with Gasteiger partial charge in [0.05, 0.1) is 6.61 Å². The van der Waals surface area contributed by atoms with Crippen molar-refractivity contribution in [1.29, 1.82) is 0 Å². The van der Waals surface area contributed by atoms with E-state index in [0.29, 0.717) is 12.0 Å². The fourth-order valence-corrected chi connectivity index (χ4v) is 2.48. The molecule has 2 unspecified atom stereocenters. The van der Waals surface area contributed by atoms with Crippen molar-refractivity contribution < 1.29 is 19.0 Å². The van der Waals surface area contributed by atoms with Crippen molar-refractivity contribution in [3.63, 3.8) is 0 Å². The predicted molar refractivity (Wildman–Crippen MR) is 90.0 cm³/mol. The molecule has 0 radical (unpaired) electrons. The van der Waals surface area contributed by atoms with Crippen LogP contribution in [0.3, 0.4) is 0 Å². The Kier molecular flexibility index (Phi) is 8.24. The zero-order valence-corrected chi connectivity index (χ0v) is 14.5. The van der Waals surface area contributed by atoms with Crippen LogP contribution in [-0.2, 0) is 15.2 Å². The van der Waals surface area contributed by atoms with Crippen LogP contribution in [0.1, 0.15) is 63.5 Å². The molecule has 3 nitrogen and oxygen atoms in total. The van der Waals surface area contributed by atoms with Gasteiger partial charge in [0.15, 0.2) is 6.10 Å². The molecule has 1 rings (SSSR count). The van der Waals surface area contributed by atoms with E-state index in [9.17, 15) is 9.90 Å². The topological polar surface area (TPSA) is 46.5 Å². The van der Waals surface area contributed by atoms with Crippen molar-refractivity contribution in [3.8, 4) is 0 Å². The summed E-state index contributed by atoms with van der Waals surface area (Å²) in [5, 5.41) is 10.1. The molecule has 1 aromatic rings. The van der Waals surface area contributed by atoms with Crippen LogP contribution in [0.4, 0.5) is 4.39 Å². The van der Waals surface area contributed by atoms with Gasteiger partial charge >= 0.3 is 5.97 Å². The van der Waals surface area contributed by atoms with Crippen LogP contribution in [0.25, 0.3) is 0 Å². The standard InChI is InChI=1S/C19H29FO3/c1-4-6-12-19(20,16-10-8-15(3)9-11-16)14-17(21)18(22)23-13-7-5-2/h8-11,17,21H,4-7,12-14H2,1-3H3. The Morgan fingerprint density at radius 2 is 1.83 bits per heavy atom. The number of carbonyl (C=O) groups excluding carboxylic acids is 1. The molecule has 0 amide bonds. The molecule has 2 atom stereocenters. The van der Waals surface area contributed by atoms with E-state index >= 15 is 4.39 Å². The number of aliphatic hydroxyl groups is 1. The highest BCUT2D eigenvalue weighted by molar-refractivity contribution is 5.74. The number of aliphatic hydroxyl groups excluding tert-OH is 1. The largest absolute Gasteiger partial charge is 0.464 e. The monoisotopic (exact) mass is 324 g/mol. The van der Waals surface area contributed by atoms with E-state index in [2.05, 4.69) is 0 Å². The minimum Gasteiger partial charge on any atom is -0.464 e. The summed E-state index contributed by atoms with van der Waals surface area (Å²) in [7, 11) is 0. The van der Waals surface area contributed by atoms with Crippen molar-refractivity contribution in [3.05, 3.63) is 35.4 Å². The maximum atomic E-state index is 15.5. The summed E-state index contributed by atoms with van der Waals surface area (Å²) in [6.45, 7) is 6.19. The van der Waals surface area contributed by atoms with Gasteiger partial charge in [0.25, 0.3) is 0 Å². The number of carbonyl (C=O) groups is 1. The maximum Gasteiger partial charge on any atom is 0.335 e. The summed E-state index contributed by atoms with van der Waals surface area (Å²) < 4.78 is 20.5. The highest BCUT2D eigenvalue weighted by atomic mass is 19.1. The van der Waals surface area contributed by atoms with Gasteiger partial charge in [0.2, 0.25) is 0 Å². The molecule has 0 aliphatic heterocycles. The van der Waals surface area contributed by atoms with Crippen LogP contribution in [0.5, 0.6) is 0 Å². The molecule has 0 saturated carbocycles. The smallest absolute Gasteiger partial charge is 0.335 e. The lowest BCUT2D eigenvalue weighted by molar-refractivity contribution is -0.156. The molecule has 0 aliphatic carbocycles. The summed E-state index contributed by atoms with van der Waals surface area (Å²) in [6.07, 6.45) is 1.78. The van der Waals surface area contributed by atoms with Crippen LogP contribution in [0, 0.1) is 6.92 Å². The Morgan fingerprint density at radius 3 is 2.39 bits per heavy atom. The van der Waals surface area contributed by atoms with Gasteiger partial charge in [-0.05, 0) is 25.3 Å².